The summed E-state index contributed by atoms with van der Waals surface area (Å²) in [6, 6.07) is 6.64. The van der Waals surface area contributed by atoms with Crippen LogP contribution in [0.4, 0.5) is 0 Å². The number of hydrogen-bond acceptors (Lipinski definition) is 4. The Kier molecular flexibility index (Phi) is 4.69. The van der Waals surface area contributed by atoms with Crippen LogP contribution in [0.5, 0.6) is 0 Å². The van der Waals surface area contributed by atoms with E-state index in [-0.39, 0.29) is 10.9 Å². The summed E-state index contributed by atoms with van der Waals surface area (Å²) >= 11 is 0. The molecule has 1 N–H and O–H groups in total. The van der Waals surface area contributed by atoms with Gasteiger partial charge in [-0.25, -0.2) is 13.1 Å². The van der Waals surface area contributed by atoms with Gasteiger partial charge in [0.2, 0.25) is 10.0 Å². The van der Waals surface area contributed by atoms with Crippen molar-refractivity contribution in [2.45, 2.75) is 24.3 Å². The number of hydrogen-bond donors (Lipinski definition) is 1. The average Bonchev–Trinajstić information content (AvgIpc) is 2.46. The van der Waals surface area contributed by atoms with Gasteiger partial charge in [-0.2, -0.15) is 0 Å². The number of sulfonamides is 1. The van der Waals surface area contributed by atoms with Gasteiger partial charge in [0.25, 0.3) is 0 Å². The molecule has 20 heavy (non-hydrogen) atoms. The maximum absolute atomic E-state index is 12.5. The summed E-state index contributed by atoms with van der Waals surface area (Å²) in [7, 11) is -2.02. The molecule has 0 bridgehead atoms. The van der Waals surface area contributed by atoms with Gasteiger partial charge in [0.1, 0.15) is 0 Å². The van der Waals surface area contributed by atoms with Crippen LogP contribution in [-0.2, 0) is 14.8 Å². The second kappa shape index (κ2) is 6.30. The lowest BCUT2D eigenvalue weighted by atomic mass is 10.2. The molecule has 0 aliphatic heterocycles. The first-order valence-electron chi connectivity index (χ1n) is 6.42. The Morgan fingerprint density at radius 2 is 2.15 bits per heavy atom. The minimum absolute atomic E-state index is 0.234. The number of rotatable bonds is 6. The second-order valence-corrected chi connectivity index (χ2v) is 6.22. The molecule has 0 spiro atoms. The molecule has 2 aromatic rings. The molecule has 1 aromatic carbocycles. The quantitative estimate of drug-likeness (QED) is 0.884. The van der Waals surface area contributed by atoms with Crippen molar-refractivity contribution >= 4 is 20.8 Å². The Morgan fingerprint density at radius 1 is 1.35 bits per heavy atom. The Hall–Kier alpha value is -1.50. The van der Waals surface area contributed by atoms with E-state index in [4.69, 9.17) is 4.74 Å². The van der Waals surface area contributed by atoms with Crippen LogP contribution in [0, 0.1) is 0 Å². The summed E-state index contributed by atoms with van der Waals surface area (Å²) in [5.74, 6) is 0. The zero-order chi connectivity index (χ0) is 14.6. The van der Waals surface area contributed by atoms with Crippen LogP contribution in [0.3, 0.4) is 0 Å². The third-order valence-electron chi connectivity index (χ3n) is 3.11. The maximum atomic E-state index is 12.5. The SMILES string of the molecule is CCC(COC)NS(=O)(=O)c1cccc2cnccc12. The Morgan fingerprint density at radius 3 is 2.85 bits per heavy atom. The summed E-state index contributed by atoms with van der Waals surface area (Å²) in [5.41, 5.74) is 0. The number of benzene rings is 1. The summed E-state index contributed by atoms with van der Waals surface area (Å²) in [6.07, 6.45) is 3.91. The van der Waals surface area contributed by atoms with Crippen molar-refractivity contribution in [3.05, 3.63) is 36.7 Å². The van der Waals surface area contributed by atoms with E-state index in [1.165, 1.54) is 0 Å². The van der Waals surface area contributed by atoms with E-state index < -0.39 is 10.0 Å². The fourth-order valence-corrected chi connectivity index (χ4v) is 3.58. The number of nitrogens with one attached hydrogen (secondary N) is 1. The molecule has 0 fully saturated rings. The molecule has 1 unspecified atom stereocenters. The average molecular weight is 294 g/mol. The molecule has 6 heteroatoms. The molecule has 1 aromatic heterocycles. The first-order valence-corrected chi connectivity index (χ1v) is 7.91. The molecule has 1 atom stereocenters. The topological polar surface area (TPSA) is 68.3 Å². The van der Waals surface area contributed by atoms with Gasteiger partial charge in [-0.3, -0.25) is 4.98 Å². The smallest absolute Gasteiger partial charge is 0.241 e. The highest BCUT2D eigenvalue weighted by Gasteiger charge is 2.21. The van der Waals surface area contributed by atoms with E-state index in [1.807, 2.05) is 13.0 Å². The fraction of sp³-hybridized carbons (Fsp3) is 0.357. The minimum atomic E-state index is -3.58. The van der Waals surface area contributed by atoms with Crippen LogP contribution < -0.4 is 4.72 Å². The predicted octanol–water partition coefficient (Wildman–Crippen LogP) is 1.94. The lowest BCUT2D eigenvalue weighted by molar-refractivity contribution is 0.173. The number of pyridine rings is 1. The van der Waals surface area contributed by atoms with E-state index in [0.717, 1.165) is 5.39 Å². The van der Waals surface area contributed by atoms with Crippen molar-refractivity contribution in [2.75, 3.05) is 13.7 Å². The molecule has 5 nitrogen and oxygen atoms in total. The maximum Gasteiger partial charge on any atom is 0.241 e. The Balaban J connectivity index is 2.41. The van der Waals surface area contributed by atoms with Crippen LogP contribution in [-0.4, -0.2) is 33.2 Å². The van der Waals surface area contributed by atoms with E-state index in [9.17, 15) is 8.42 Å². The zero-order valence-corrected chi connectivity index (χ0v) is 12.4. The van der Waals surface area contributed by atoms with Gasteiger partial charge in [0.15, 0.2) is 0 Å². The normalized spacial score (nSPS) is 13.5. The molecule has 0 saturated carbocycles. The molecule has 0 amide bonds. The molecule has 0 aliphatic rings. The predicted molar refractivity (Wildman–Crippen MR) is 78.0 cm³/mol. The zero-order valence-electron chi connectivity index (χ0n) is 11.5. The van der Waals surface area contributed by atoms with E-state index in [2.05, 4.69) is 9.71 Å². The standard InChI is InChI=1S/C14H18N2O3S/c1-3-12(10-19-2)16-20(17,18)14-6-4-5-11-9-15-8-7-13(11)14/h4-9,12,16H,3,10H2,1-2H3. The third-order valence-corrected chi connectivity index (χ3v) is 4.69. The number of aromatic nitrogens is 1. The molecule has 0 saturated heterocycles. The van der Waals surface area contributed by atoms with Crippen molar-refractivity contribution in [2.24, 2.45) is 0 Å². The number of ether oxygens (including phenoxy) is 1. The number of methoxy groups -OCH3 is 1. The van der Waals surface area contributed by atoms with Crippen LogP contribution in [0.25, 0.3) is 10.8 Å². The lowest BCUT2D eigenvalue weighted by Crippen LogP contribution is -2.37. The molecular weight excluding hydrogens is 276 g/mol. The van der Waals surface area contributed by atoms with Crippen molar-refractivity contribution < 1.29 is 13.2 Å². The molecule has 2 rings (SSSR count). The summed E-state index contributed by atoms with van der Waals surface area (Å²) in [4.78, 5) is 4.28. The highest BCUT2D eigenvalue weighted by Crippen LogP contribution is 2.22. The van der Waals surface area contributed by atoms with Gasteiger partial charge >= 0.3 is 0 Å². The van der Waals surface area contributed by atoms with Gasteiger partial charge in [-0.1, -0.05) is 19.1 Å². The first-order chi connectivity index (χ1) is 9.58. The van der Waals surface area contributed by atoms with E-state index in [0.29, 0.717) is 18.4 Å². The van der Waals surface area contributed by atoms with Gasteiger partial charge in [0, 0.05) is 36.3 Å². The number of fused-ring (bicyclic) bond motifs is 1. The fourth-order valence-electron chi connectivity index (χ4n) is 2.05. The lowest BCUT2D eigenvalue weighted by Gasteiger charge is -2.17. The van der Waals surface area contributed by atoms with Crippen molar-refractivity contribution in [3.8, 4) is 0 Å². The van der Waals surface area contributed by atoms with Gasteiger partial charge in [0.05, 0.1) is 11.5 Å². The Labute approximate surface area is 119 Å². The van der Waals surface area contributed by atoms with Crippen LogP contribution in [0.15, 0.2) is 41.6 Å². The van der Waals surface area contributed by atoms with Crippen molar-refractivity contribution in [3.63, 3.8) is 0 Å². The largest absolute Gasteiger partial charge is 0.383 e. The van der Waals surface area contributed by atoms with E-state index >= 15 is 0 Å². The third kappa shape index (κ3) is 3.15. The molecule has 0 aliphatic carbocycles. The monoisotopic (exact) mass is 294 g/mol. The van der Waals surface area contributed by atoms with Crippen LogP contribution in [0.1, 0.15) is 13.3 Å². The summed E-state index contributed by atoms with van der Waals surface area (Å²) < 4.78 is 32.7. The van der Waals surface area contributed by atoms with Gasteiger partial charge in [-0.15, -0.1) is 0 Å². The van der Waals surface area contributed by atoms with Crippen molar-refractivity contribution in [1.82, 2.24) is 9.71 Å². The summed E-state index contributed by atoms with van der Waals surface area (Å²) in [5, 5.41) is 1.47. The molecular formula is C14H18N2O3S. The number of nitrogens with zero attached hydrogens (tertiary/aromatic N) is 1. The minimum Gasteiger partial charge on any atom is -0.383 e. The van der Waals surface area contributed by atoms with Crippen molar-refractivity contribution in [1.29, 1.82) is 0 Å². The molecule has 1 heterocycles. The van der Waals surface area contributed by atoms with Gasteiger partial charge in [-0.05, 0) is 18.6 Å². The second-order valence-electron chi connectivity index (χ2n) is 4.53. The van der Waals surface area contributed by atoms with Gasteiger partial charge < -0.3 is 4.74 Å². The highest BCUT2D eigenvalue weighted by molar-refractivity contribution is 7.89. The Bertz CT molecular complexity index is 680. The van der Waals surface area contributed by atoms with Crippen LogP contribution >= 0.6 is 0 Å². The molecule has 108 valence electrons. The first kappa shape index (κ1) is 14.9. The van der Waals surface area contributed by atoms with E-state index in [1.54, 1.807) is 37.7 Å². The summed E-state index contributed by atoms with van der Waals surface area (Å²) in [6.45, 7) is 2.27. The molecule has 0 radical (unpaired) electrons. The highest BCUT2D eigenvalue weighted by atomic mass is 32.2. The van der Waals surface area contributed by atoms with Crippen LogP contribution in [0.2, 0.25) is 0 Å².